The van der Waals surface area contributed by atoms with Crippen LogP contribution in [0.2, 0.25) is 0 Å². The zero-order valence-corrected chi connectivity index (χ0v) is 20.4. The summed E-state index contributed by atoms with van der Waals surface area (Å²) in [6, 6.07) is 4.21. The molecule has 2 aromatic heterocycles. The van der Waals surface area contributed by atoms with Gasteiger partial charge in [-0.3, -0.25) is 14.8 Å². The van der Waals surface area contributed by atoms with Gasteiger partial charge in [-0.1, -0.05) is 6.07 Å². The molecular weight excluding hydrogens is 538 g/mol. The summed E-state index contributed by atoms with van der Waals surface area (Å²) in [7, 11) is -4.36. The molecule has 0 saturated carbocycles. The number of alkyl halides is 4. The molecule has 1 saturated heterocycles. The van der Waals surface area contributed by atoms with Crippen LogP contribution in [0.4, 0.5) is 26.3 Å². The quantitative estimate of drug-likeness (QED) is 0.457. The Balaban J connectivity index is 1.52. The van der Waals surface area contributed by atoms with E-state index >= 15 is 0 Å². The maximum atomic E-state index is 14.6. The topological polar surface area (TPSA) is 92.3 Å². The summed E-state index contributed by atoms with van der Waals surface area (Å²) in [4.78, 5) is 19.8. The molecule has 7 nitrogen and oxygen atoms in total. The molecule has 14 heteroatoms. The second-order valence-electron chi connectivity index (χ2n) is 8.60. The number of nitrogens with one attached hydrogen (secondary N) is 1. The number of sulfonamides is 1. The van der Waals surface area contributed by atoms with Crippen molar-refractivity contribution >= 4 is 15.9 Å². The fourth-order valence-electron chi connectivity index (χ4n) is 4.11. The van der Waals surface area contributed by atoms with Crippen molar-refractivity contribution in [3.63, 3.8) is 0 Å². The molecule has 38 heavy (non-hydrogen) atoms. The molecule has 1 fully saturated rings. The molecular formula is C24H20F6N4O3S. The van der Waals surface area contributed by atoms with Gasteiger partial charge in [0.25, 0.3) is 0 Å². The van der Waals surface area contributed by atoms with Crippen LogP contribution in [-0.2, 0) is 27.5 Å². The van der Waals surface area contributed by atoms with Crippen molar-refractivity contribution in [1.29, 1.82) is 0 Å². The van der Waals surface area contributed by atoms with E-state index in [0.29, 0.717) is 6.07 Å². The number of carbonyl (C=O) groups is 1. The summed E-state index contributed by atoms with van der Waals surface area (Å²) < 4.78 is 107. The fourth-order valence-corrected chi connectivity index (χ4v) is 5.92. The van der Waals surface area contributed by atoms with Crippen molar-refractivity contribution in [2.45, 2.75) is 49.2 Å². The highest BCUT2D eigenvalue weighted by molar-refractivity contribution is 7.89. The number of rotatable bonds is 6. The molecule has 0 bridgehead atoms. The number of halogens is 6. The van der Waals surface area contributed by atoms with Crippen molar-refractivity contribution in [3.05, 3.63) is 77.9 Å². The van der Waals surface area contributed by atoms with Crippen molar-refractivity contribution in [3.8, 4) is 11.1 Å². The monoisotopic (exact) mass is 558 g/mol. The second-order valence-corrected chi connectivity index (χ2v) is 10.4. The Bertz CT molecular complexity index is 1430. The van der Waals surface area contributed by atoms with Gasteiger partial charge in [-0.05, 0) is 43.3 Å². The largest absolute Gasteiger partial charge is 0.433 e. The molecule has 0 aliphatic carbocycles. The third-order valence-corrected chi connectivity index (χ3v) is 8.10. The fraction of sp³-hybridized carbons (Fsp3) is 0.292. The van der Waals surface area contributed by atoms with Gasteiger partial charge in [-0.15, -0.1) is 0 Å². The van der Waals surface area contributed by atoms with Gasteiger partial charge in [0.05, 0.1) is 29.4 Å². The predicted octanol–water partition coefficient (Wildman–Crippen LogP) is 4.25. The number of hydrogen-bond donors (Lipinski definition) is 1. The van der Waals surface area contributed by atoms with Gasteiger partial charge in [0, 0.05) is 23.7 Å². The van der Waals surface area contributed by atoms with E-state index in [1.54, 1.807) is 0 Å². The Morgan fingerprint density at radius 1 is 1.08 bits per heavy atom. The maximum absolute atomic E-state index is 14.6. The van der Waals surface area contributed by atoms with Gasteiger partial charge in [-0.25, -0.2) is 21.6 Å². The van der Waals surface area contributed by atoms with Crippen LogP contribution < -0.4 is 5.32 Å². The summed E-state index contributed by atoms with van der Waals surface area (Å²) in [5, 5.41) is 2.45. The Kier molecular flexibility index (Phi) is 7.48. The van der Waals surface area contributed by atoms with Crippen molar-refractivity contribution in [1.82, 2.24) is 19.6 Å². The lowest BCUT2D eigenvalue weighted by atomic mass is 10.1. The SMILES string of the molecule is C[C@H]1[C@H](F)C[C@@H](C(=O)NCc2cc(-c3ccc(C(F)(F)F)nc3)c(F)cn2)N1S(=O)(=O)c1ccc(F)cc1. The van der Waals surface area contributed by atoms with E-state index in [1.807, 2.05) is 0 Å². The highest BCUT2D eigenvalue weighted by Crippen LogP contribution is 2.33. The van der Waals surface area contributed by atoms with Crippen LogP contribution in [-0.4, -0.2) is 46.9 Å². The third kappa shape index (κ3) is 5.50. The summed E-state index contributed by atoms with van der Waals surface area (Å²) >= 11 is 0. The zero-order chi connectivity index (χ0) is 27.8. The minimum absolute atomic E-state index is 0.0342. The molecule has 0 spiro atoms. The van der Waals surface area contributed by atoms with Gasteiger partial charge < -0.3 is 5.32 Å². The van der Waals surface area contributed by atoms with Crippen LogP contribution in [0.15, 0.2) is 59.8 Å². The number of hydrogen-bond acceptors (Lipinski definition) is 5. The van der Waals surface area contributed by atoms with E-state index in [-0.39, 0.29) is 28.3 Å². The van der Waals surface area contributed by atoms with Gasteiger partial charge in [0.15, 0.2) is 0 Å². The molecule has 1 aliphatic heterocycles. The molecule has 1 aromatic carbocycles. The van der Waals surface area contributed by atoms with E-state index in [9.17, 15) is 39.6 Å². The Morgan fingerprint density at radius 3 is 2.37 bits per heavy atom. The molecule has 1 N–H and O–H groups in total. The lowest BCUT2D eigenvalue weighted by molar-refractivity contribution is -0.141. The van der Waals surface area contributed by atoms with Gasteiger partial charge in [0.2, 0.25) is 15.9 Å². The molecule has 0 radical (unpaired) electrons. The van der Waals surface area contributed by atoms with Gasteiger partial charge >= 0.3 is 6.18 Å². The normalized spacial score (nSPS) is 20.4. The molecule has 3 aromatic rings. The highest BCUT2D eigenvalue weighted by atomic mass is 32.2. The number of benzene rings is 1. The summed E-state index contributed by atoms with van der Waals surface area (Å²) in [5.74, 6) is -2.36. The first-order chi connectivity index (χ1) is 17.8. The number of pyridine rings is 2. The van der Waals surface area contributed by atoms with Crippen LogP contribution in [0.3, 0.4) is 0 Å². The van der Waals surface area contributed by atoms with Crippen LogP contribution >= 0.6 is 0 Å². The maximum Gasteiger partial charge on any atom is 0.433 e. The molecule has 0 unspecified atom stereocenters. The van der Waals surface area contributed by atoms with Crippen LogP contribution in [0, 0.1) is 11.6 Å². The number of carbonyl (C=O) groups excluding carboxylic acids is 1. The summed E-state index contributed by atoms with van der Waals surface area (Å²) in [6.07, 6.45) is -5.08. The molecule has 1 aliphatic rings. The third-order valence-electron chi connectivity index (χ3n) is 6.09. The number of amides is 1. The molecule has 3 atom stereocenters. The summed E-state index contributed by atoms with van der Waals surface area (Å²) in [6.45, 7) is 0.997. The first-order valence-corrected chi connectivity index (χ1v) is 12.6. The average molecular weight is 559 g/mol. The van der Waals surface area contributed by atoms with E-state index in [2.05, 4.69) is 15.3 Å². The number of aromatic nitrogens is 2. The molecule has 1 amide bonds. The Hall–Kier alpha value is -3.52. The smallest absolute Gasteiger partial charge is 0.349 e. The van der Waals surface area contributed by atoms with Crippen molar-refractivity contribution in [2.24, 2.45) is 0 Å². The van der Waals surface area contributed by atoms with E-state index in [1.165, 1.54) is 13.0 Å². The van der Waals surface area contributed by atoms with Gasteiger partial charge in [0.1, 0.15) is 29.5 Å². The van der Waals surface area contributed by atoms with Gasteiger partial charge in [-0.2, -0.15) is 17.5 Å². The average Bonchev–Trinajstić information content (AvgIpc) is 3.18. The predicted molar refractivity (Wildman–Crippen MR) is 122 cm³/mol. The van der Waals surface area contributed by atoms with E-state index in [4.69, 9.17) is 0 Å². The minimum Gasteiger partial charge on any atom is -0.349 e. The van der Waals surface area contributed by atoms with Crippen LogP contribution in [0.5, 0.6) is 0 Å². The van der Waals surface area contributed by atoms with Crippen LogP contribution in [0.1, 0.15) is 24.7 Å². The molecule has 4 rings (SSSR count). The van der Waals surface area contributed by atoms with Crippen molar-refractivity contribution in [2.75, 3.05) is 0 Å². The lowest BCUT2D eigenvalue weighted by Crippen LogP contribution is -2.48. The number of nitrogens with zero attached hydrogens (tertiary/aromatic N) is 3. The first kappa shape index (κ1) is 27.5. The first-order valence-electron chi connectivity index (χ1n) is 11.2. The molecule has 202 valence electrons. The Labute approximate surface area is 213 Å². The van der Waals surface area contributed by atoms with E-state index < -0.39 is 64.1 Å². The zero-order valence-electron chi connectivity index (χ0n) is 19.6. The highest BCUT2D eigenvalue weighted by Gasteiger charge is 2.49. The van der Waals surface area contributed by atoms with Crippen LogP contribution in [0.25, 0.3) is 11.1 Å². The second kappa shape index (κ2) is 10.3. The minimum atomic E-state index is -4.67. The van der Waals surface area contributed by atoms with E-state index in [0.717, 1.165) is 47.0 Å². The lowest BCUT2D eigenvalue weighted by Gasteiger charge is -2.26. The Morgan fingerprint density at radius 2 is 1.76 bits per heavy atom. The van der Waals surface area contributed by atoms with Crippen molar-refractivity contribution < 1.29 is 39.6 Å². The molecule has 3 heterocycles. The standard InChI is InChI=1S/C24H20F6N4O3S/c1-13-19(26)9-21(34(13)38(36,37)17-5-3-15(25)4-6-17)23(35)33-11-16-8-18(20(27)12-31-16)14-2-7-22(32-10-14)24(28,29)30/h2-8,10,12-13,19,21H,9,11H2,1H3,(H,33,35)/t13-,19+,21-/m0/s1. The summed E-state index contributed by atoms with van der Waals surface area (Å²) in [5.41, 5.74) is -1.14.